The molecule has 0 spiro atoms. The number of benzene rings is 1. The second-order valence-electron chi connectivity index (χ2n) is 4.60. The maximum atomic E-state index is 11.9. The average molecular weight is 308 g/mol. The Morgan fingerprint density at radius 1 is 1.09 bits per heavy atom. The highest BCUT2D eigenvalue weighted by molar-refractivity contribution is 5.96. The Labute approximate surface area is 128 Å². The third-order valence-electron chi connectivity index (χ3n) is 3.05. The van der Waals surface area contributed by atoms with Gasteiger partial charge in [-0.1, -0.05) is 0 Å². The lowest BCUT2D eigenvalue weighted by Crippen LogP contribution is -2.33. The molecule has 7 heteroatoms. The molecular formula is C15H20N2O5. The molecule has 7 nitrogen and oxygen atoms in total. The molecular weight excluding hydrogens is 288 g/mol. The molecule has 0 saturated heterocycles. The Morgan fingerprint density at radius 2 is 1.68 bits per heavy atom. The maximum absolute atomic E-state index is 11.9. The number of hydrogen-bond acceptors (Lipinski definition) is 6. The summed E-state index contributed by atoms with van der Waals surface area (Å²) < 4.78 is 9.09. The normalized spacial score (nSPS) is 11.4. The minimum atomic E-state index is -0.679. The number of carbonyl (C=O) groups excluding carboxylic acids is 3. The summed E-state index contributed by atoms with van der Waals surface area (Å²) in [4.78, 5) is 34.3. The standard InChI is InChI=1S/C15H20N2O5/c1-21-14(19)11-7-5-10(6-8-11)13(18)17-9-3-4-12(16)15(20)22-2/h5-8,12H,3-4,9,16H2,1-2H3,(H,17,18). The molecule has 0 aromatic heterocycles. The number of carbonyl (C=O) groups is 3. The molecule has 0 fully saturated rings. The van der Waals surface area contributed by atoms with Gasteiger partial charge in [-0.05, 0) is 37.1 Å². The molecule has 1 aromatic carbocycles. The van der Waals surface area contributed by atoms with E-state index in [2.05, 4.69) is 14.8 Å². The van der Waals surface area contributed by atoms with Crippen molar-refractivity contribution in [3.05, 3.63) is 35.4 Å². The van der Waals surface area contributed by atoms with E-state index >= 15 is 0 Å². The first-order valence-electron chi connectivity index (χ1n) is 6.79. The molecule has 0 aliphatic carbocycles. The summed E-state index contributed by atoms with van der Waals surface area (Å²) in [7, 11) is 2.57. The summed E-state index contributed by atoms with van der Waals surface area (Å²) in [6.45, 7) is 0.391. The minimum Gasteiger partial charge on any atom is -0.468 e. The van der Waals surface area contributed by atoms with E-state index in [1.165, 1.54) is 26.4 Å². The monoisotopic (exact) mass is 308 g/mol. The van der Waals surface area contributed by atoms with Gasteiger partial charge in [0.1, 0.15) is 6.04 Å². The Morgan fingerprint density at radius 3 is 2.23 bits per heavy atom. The van der Waals surface area contributed by atoms with Crippen molar-refractivity contribution in [2.45, 2.75) is 18.9 Å². The summed E-state index contributed by atoms with van der Waals surface area (Å²) in [6, 6.07) is 5.45. The first-order chi connectivity index (χ1) is 10.5. The molecule has 1 amide bonds. The highest BCUT2D eigenvalue weighted by Crippen LogP contribution is 2.06. The first kappa shape index (κ1) is 17.6. The number of ether oxygens (including phenoxy) is 2. The zero-order valence-electron chi connectivity index (χ0n) is 12.6. The minimum absolute atomic E-state index is 0.261. The molecule has 120 valence electrons. The largest absolute Gasteiger partial charge is 0.468 e. The van der Waals surface area contributed by atoms with Gasteiger partial charge in [-0.2, -0.15) is 0 Å². The van der Waals surface area contributed by atoms with E-state index in [0.29, 0.717) is 30.5 Å². The van der Waals surface area contributed by atoms with Gasteiger partial charge >= 0.3 is 11.9 Å². The van der Waals surface area contributed by atoms with E-state index in [-0.39, 0.29) is 5.91 Å². The fraction of sp³-hybridized carbons (Fsp3) is 0.400. The summed E-state index contributed by atoms with van der Waals surface area (Å²) in [5.41, 5.74) is 6.40. The number of methoxy groups -OCH3 is 2. The van der Waals surface area contributed by atoms with Crippen LogP contribution < -0.4 is 11.1 Å². The van der Waals surface area contributed by atoms with Gasteiger partial charge in [0.05, 0.1) is 19.8 Å². The molecule has 0 bridgehead atoms. The summed E-state index contributed by atoms with van der Waals surface area (Å²) in [5.74, 6) is -1.18. The molecule has 1 aromatic rings. The summed E-state index contributed by atoms with van der Waals surface area (Å²) in [6.07, 6.45) is 0.983. The van der Waals surface area contributed by atoms with Crippen LogP contribution >= 0.6 is 0 Å². The SMILES string of the molecule is COC(=O)c1ccc(C(=O)NCCCC(N)C(=O)OC)cc1. The van der Waals surface area contributed by atoms with Crippen molar-refractivity contribution in [3.63, 3.8) is 0 Å². The Bertz CT molecular complexity index is 527. The van der Waals surface area contributed by atoms with E-state index in [1.54, 1.807) is 12.1 Å². The van der Waals surface area contributed by atoms with Gasteiger partial charge < -0.3 is 20.5 Å². The molecule has 0 saturated carbocycles. The van der Waals surface area contributed by atoms with E-state index < -0.39 is 18.0 Å². The van der Waals surface area contributed by atoms with Crippen LogP contribution in [-0.2, 0) is 14.3 Å². The van der Waals surface area contributed by atoms with Gasteiger partial charge in [0, 0.05) is 12.1 Å². The molecule has 22 heavy (non-hydrogen) atoms. The molecule has 1 atom stereocenters. The quantitative estimate of drug-likeness (QED) is 0.560. The second kappa shape index (κ2) is 8.78. The highest BCUT2D eigenvalue weighted by Gasteiger charge is 2.13. The van der Waals surface area contributed by atoms with E-state index in [0.717, 1.165) is 0 Å². The van der Waals surface area contributed by atoms with Gasteiger partial charge in [-0.3, -0.25) is 9.59 Å². The predicted molar refractivity (Wildman–Crippen MR) is 79.3 cm³/mol. The van der Waals surface area contributed by atoms with Crippen molar-refractivity contribution >= 4 is 17.8 Å². The van der Waals surface area contributed by atoms with Crippen LogP contribution in [0.5, 0.6) is 0 Å². The number of nitrogens with one attached hydrogen (secondary N) is 1. The summed E-state index contributed by atoms with van der Waals surface area (Å²) in [5, 5.41) is 2.71. The van der Waals surface area contributed by atoms with Crippen LogP contribution in [0.1, 0.15) is 33.6 Å². The lowest BCUT2D eigenvalue weighted by molar-refractivity contribution is -0.142. The number of hydrogen-bond donors (Lipinski definition) is 2. The fourth-order valence-electron chi connectivity index (χ4n) is 1.77. The summed E-state index contributed by atoms with van der Waals surface area (Å²) >= 11 is 0. The predicted octanol–water partition coefficient (Wildman–Crippen LogP) is 0.484. The van der Waals surface area contributed by atoms with Crippen LogP contribution in [0, 0.1) is 0 Å². The number of esters is 2. The van der Waals surface area contributed by atoms with Crippen molar-refractivity contribution in [2.24, 2.45) is 5.73 Å². The van der Waals surface area contributed by atoms with Gasteiger partial charge in [0.15, 0.2) is 0 Å². The average Bonchev–Trinajstić information content (AvgIpc) is 2.56. The van der Waals surface area contributed by atoms with Crippen LogP contribution in [0.4, 0.5) is 0 Å². The van der Waals surface area contributed by atoms with Gasteiger partial charge in [-0.25, -0.2) is 4.79 Å². The lowest BCUT2D eigenvalue weighted by Gasteiger charge is -2.09. The van der Waals surface area contributed by atoms with Crippen LogP contribution in [0.25, 0.3) is 0 Å². The fourth-order valence-corrected chi connectivity index (χ4v) is 1.77. The van der Waals surface area contributed by atoms with Crippen molar-refractivity contribution < 1.29 is 23.9 Å². The van der Waals surface area contributed by atoms with E-state index in [1.807, 2.05) is 0 Å². The van der Waals surface area contributed by atoms with Gasteiger partial charge in [0.2, 0.25) is 0 Å². The van der Waals surface area contributed by atoms with Crippen molar-refractivity contribution in [3.8, 4) is 0 Å². The highest BCUT2D eigenvalue weighted by atomic mass is 16.5. The second-order valence-corrected chi connectivity index (χ2v) is 4.60. The number of nitrogens with two attached hydrogens (primary N) is 1. The van der Waals surface area contributed by atoms with Crippen molar-refractivity contribution in [1.29, 1.82) is 0 Å². The van der Waals surface area contributed by atoms with Crippen LogP contribution in [0.15, 0.2) is 24.3 Å². The van der Waals surface area contributed by atoms with Crippen molar-refractivity contribution in [2.75, 3.05) is 20.8 Å². The molecule has 0 radical (unpaired) electrons. The zero-order valence-corrected chi connectivity index (χ0v) is 12.6. The van der Waals surface area contributed by atoms with Crippen LogP contribution in [-0.4, -0.2) is 44.7 Å². The van der Waals surface area contributed by atoms with Crippen LogP contribution in [0.3, 0.4) is 0 Å². The zero-order chi connectivity index (χ0) is 16.5. The Balaban J connectivity index is 2.39. The number of amides is 1. The maximum Gasteiger partial charge on any atom is 0.337 e. The molecule has 1 rings (SSSR count). The molecule has 3 N–H and O–H groups in total. The third kappa shape index (κ3) is 5.17. The van der Waals surface area contributed by atoms with Gasteiger partial charge in [0.25, 0.3) is 5.91 Å². The van der Waals surface area contributed by atoms with Crippen LogP contribution in [0.2, 0.25) is 0 Å². The third-order valence-corrected chi connectivity index (χ3v) is 3.05. The van der Waals surface area contributed by atoms with Gasteiger partial charge in [-0.15, -0.1) is 0 Å². The number of rotatable bonds is 7. The smallest absolute Gasteiger partial charge is 0.337 e. The topological polar surface area (TPSA) is 108 Å². The molecule has 0 heterocycles. The Hall–Kier alpha value is -2.41. The lowest BCUT2D eigenvalue weighted by atomic mass is 10.1. The Kier molecular flexibility index (Phi) is 7.04. The van der Waals surface area contributed by atoms with E-state index in [9.17, 15) is 14.4 Å². The van der Waals surface area contributed by atoms with E-state index in [4.69, 9.17) is 5.73 Å². The molecule has 1 unspecified atom stereocenters. The molecule has 0 aliphatic heterocycles. The molecule has 0 aliphatic rings. The first-order valence-corrected chi connectivity index (χ1v) is 6.79. The van der Waals surface area contributed by atoms with Crippen molar-refractivity contribution in [1.82, 2.24) is 5.32 Å².